The Morgan fingerprint density at radius 3 is 2.59 bits per heavy atom. The molecule has 1 aliphatic heterocycles. The van der Waals surface area contributed by atoms with Gasteiger partial charge in [-0.2, -0.15) is 4.39 Å². The van der Waals surface area contributed by atoms with Crippen LogP contribution >= 0.6 is 0 Å². The molecule has 0 spiro atoms. The van der Waals surface area contributed by atoms with E-state index in [9.17, 15) is 4.79 Å². The molecule has 200 valence electrons. The van der Waals surface area contributed by atoms with E-state index < -0.39 is 5.95 Å². The summed E-state index contributed by atoms with van der Waals surface area (Å²) in [6, 6.07) is 17.1. The molecule has 0 unspecified atom stereocenters. The van der Waals surface area contributed by atoms with Gasteiger partial charge in [-0.25, -0.2) is 9.97 Å². The Morgan fingerprint density at radius 2 is 1.85 bits per heavy atom. The van der Waals surface area contributed by atoms with Crippen molar-refractivity contribution in [3.8, 4) is 22.6 Å². The second-order valence-electron chi connectivity index (χ2n) is 10.2. The van der Waals surface area contributed by atoms with E-state index in [2.05, 4.69) is 21.9 Å². The number of fused-ring (bicyclic) bond motifs is 1. The van der Waals surface area contributed by atoms with Crippen LogP contribution < -0.4 is 10.5 Å². The smallest absolute Gasteiger partial charge is 0.246 e. The van der Waals surface area contributed by atoms with Crippen LogP contribution in [0, 0.1) is 5.95 Å². The first-order valence-electron chi connectivity index (χ1n) is 13.3. The van der Waals surface area contributed by atoms with E-state index in [1.165, 1.54) is 19.2 Å². The highest BCUT2D eigenvalue weighted by Crippen LogP contribution is 2.39. The lowest BCUT2D eigenvalue weighted by atomic mass is 10.1. The van der Waals surface area contributed by atoms with E-state index in [4.69, 9.17) is 10.5 Å². The Kier molecular flexibility index (Phi) is 6.74. The lowest BCUT2D eigenvalue weighted by Gasteiger charge is -2.17. The van der Waals surface area contributed by atoms with E-state index >= 15 is 4.39 Å². The molecule has 2 aliphatic rings. The number of likely N-dealkylation sites (tertiary alicyclic amines) is 1. The summed E-state index contributed by atoms with van der Waals surface area (Å²) >= 11 is 0. The highest BCUT2D eigenvalue weighted by molar-refractivity contribution is 6.01. The summed E-state index contributed by atoms with van der Waals surface area (Å²) < 4.78 is 23.7. The van der Waals surface area contributed by atoms with Crippen LogP contribution in [0.3, 0.4) is 0 Å². The summed E-state index contributed by atoms with van der Waals surface area (Å²) in [5, 5.41) is 0.472. The quantitative estimate of drug-likeness (QED) is 0.324. The molecule has 6 rings (SSSR count). The number of ether oxygens (including phenoxy) is 1. The number of carbonyl (C=O) groups excluding carboxylic acids is 1. The van der Waals surface area contributed by atoms with Gasteiger partial charge >= 0.3 is 0 Å². The van der Waals surface area contributed by atoms with Gasteiger partial charge in [-0.3, -0.25) is 14.3 Å². The molecule has 1 aliphatic carbocycles. The van der Waals surface area contributed by atoms with Crippen molar-refractivity contribution >= 4 is 22.8 Å². The molecule has 1 saturated heterocycles. The molecule has 3 heterocycles. The average molecular weight is 527 g/mol. The Bertz CT molecular complexity index is 1510. The number of nitrogens with zero attached hydrogens (tertiary/aromatic N) is 5. The minimum atomic E-state index is -0.435. The normalized spacial score (nSPS) is 17.5. The zero-order chi connectivity index (χ0) is 26.9. The molecule has 0 radical (unpaired) electrons. The number of aromatic nitrogens is 3. The summed E-state index contributed by atoms with van der Waals surface area (Å²) in [6.45, 7) is 1.70. The maximum absolute atomic E-state index is 16.2. The molecule has 1 saturated carbocycles. The summed E-state index contributed by atoms with van der Waals surface area (Å²) in [6.07, 6.45) is 7.97. The summed E-state index contributed by atoms with van der Waals surface area (Å²) in [7, 11) is 2.08. The number of benzene rings is 2. The summed E-state index contributed by atoms with van der Waals surface area (Å²) in [4.78, 5) is 25.4. The number of nitrogen functional groups attached to an aromatic ring is 1. The van der Waals surface area contributed by atoms with E-state index in [-0.39, 0.29) is 17.8 Å². The first kappa shape index (κ1) is 25.1. The van der Waals surface area contributed by atoms with Crippen molar-refractivity contribution in [1.82, 2.24) is 24.3 Å². The molecule has 39 heavy (non-hydrogen) atoms. The number of hydrogen-bond acceptors (Lipinski definition) is 6. The highest BCUT2D eigenvalue weighted by Gasteiger charge is 2.32. The topological polar surface area (TPSA) is 89.5 Å². The average Bonchev–Trinajstić information content (AvgIpc) is 3.61. The van der Waals surface area contributed by atoms with E-state index in [0.717, 1.165) is 12.3 Å². The van der Waals surface area contributed by atoms with Gasteiger partial charge in [-0.1, -0.05) is 36.4 Å². The van der Waals surface area contributed by atoms with Crippen LogP contribution in [0.2, 0.25) is 0 Å². The van der Waals surface area contributed by atoms with Crippen LogP contribution in [0.25, 0.3) is 22.2 Å². The number of rotatable bonds is 8. The molecule has 2 aromatic heterocycles. The van der Waals surface area contributed by atoms with Crippen LogP contribution in [-0.2, 0) is 4.79 Å². The third kappa shape index (κ3) is 5.09. The van der Waals surface area contributed by atoms with Gasteiger partial charge < -0.3 is 15.4 Å². The van der Waals surface area contributed by atoms with Crippen LogP contribution in [0.1, 0.15) is 25.3 Å². The molecule has 2 N–H and O–H groups in total. The molecule has 4 aromatic rings. The molecule has 1 atom stereocenters. The third-order valence-electron chi connectivity index (χ3n) is 7.54. The van der Waals surface area contributed by atoms with Gasteiger partial charge in [0.15, 0.2) is 0 Å². The predicted molar refractivity (Wildman–Crippen MR) is 149 cm³/mol. The van der Waals surface area contributed by atoms with E-state index in [1.807, 2.05) is 36.4 Å². The van der Waals surface area contributed by atoms with Gasteiger partial charge in [0, 0.05) is 37.3 Å². The van der Waals surface area contributed by atoms with Gasteiger partial charge in [0.05, 0.1) is 11.4 Å². The first-order chi connectivity index (χ1) is 19.0. The number of anilines is 1. The predicted octanol–water partition coefficient (Wildman–Crippen LogP) is 5.04. The molecular weight excluding hydrogens is 495 g/mol. The monoisotopic (exact) mass is 526 g/mol. The minimum Gasteiger partial charge on any atom is -0.457 e. The number of halogens is 1. The fourth-order valence-electron chi connectivity index (χ4n) is 5.28. The molecule has 9 heteroatoms. The van der Waals surface area contributed by atoms with Crippen molar-refractivity contribution in [2.24, 2.45) is 0 Å². The third-order valence-corrected chi connectivity index (χ3v) is 7.54. The standard InChI is InChI=1S/C30H31FN6O2/c1-35(21-11-12-21)16-5-8-25(38)36-17-15-22(18-36)37-28(31)26(27-29(32)33-19-34-30(27)37)20-9-13-24(14-10-20)39-23-6-3-2-4-7-23/h2-10,13-14,19,21-22H,11-12,15-18H2,1H3,(H2,32,33,34)/t22-/m1/s1. The molecule has 1 amide bonds. The van der Waals surface area contributed by atoms with Crippen molar-refractivity contribution in [2.75, 3.05) is 32.4 Å². The van der Waals surface area contributed by atoms with Crippen molar-refractivity contribution in [1.29, 1.82) is 0 Å². The summed E-state index contributed by atoms with van der Waals surface area (Å²) in [5.74, 6) is 1.08. The maximum atomic E-state index is 16.2. The molecule has 0 bridgehead atoms. The number of nitrogens with two attached hydrogens (primary N) is 1. The number of likely N-dealkylation sites (N-methyl/N-ethyl adjacent to an activating group) is 1. The fourth-order valence-corrected chi connectivity index (χ4v) is 5.28. The van der Waals surface area contributed by atoms with Crippen molar-refractivity contribution in [3.05, 3.63) is 79.0 Å². The molecule has 8 nitrogen and oxygen atoms in total. The second kappa shape index (κ2) is 10.5. The zero-order valence-electron chi connectivity index (χ0n) is 21.8. The molecule has 2 aromatic carbocycles. The van der Waals surface area contributed by atoms with Crippen molar-refractivity contribution < 1.29 is 13.9 Å². The SMILES string of the molecule is CN(CC=CC(=O)N1CC[C@@H](n2c(F)c(-c3ccc(Oc4ccccc4)cc3)c3c(N)ncnc32)C1)C1CC1. The maximum Gasteiger partial charge on any atom is 0.246 e. The second-order valence-corrected chi connectivity index (χ2v) is 10.2. The van der Waals surface area contributed by atoms with Gasteiger partial charge in [-0.15, -0.1) is 0 Å². The van der Waals surface area contributed by atoms with Gasteiger partial charge in [0.1, 0.15) is 29.3 Å². The van der Waals surface area contributed by atoms with Crippen LogP contribution in [0.15, 0.2) is 73.1 Å². The Hall–Kier alpha value is -4.24. The lowest BCUT2D eigenvalue weighted by Crippen LogP contribution is -2.28. The van der Waals surface area contributed by atoms with Crippen molar-refractivity contribution in [2.45, 2.75) is 31.3 Å². The molecule has 2 fully saturated rings. The molecular formula is C30H31FN6O2. The van der Waals surface area contributed by atoms with Gasteiger partial charge in [-0.05, 0) is 56.1 Å². The minimum absolute atomic E-state index is 0.0538. The lowest BCUT2D eigenvalue weighted by molar-refractivity contribution is -0.125. The highest BCUT2D eigenvalue weighted by atomic mass is 19.1. The van der Waals surface area contributed by atoms with Crippen LogP contribution in [-0.4, -0.2) is 63.0 Å². The van der Waals surface area contributed by atoms with Crippen LogP contribution in [0.4, 0.5) is 10.2 Å². The number of carbonyl (C=O) groups is 1. The van der Waals surface area contributed by atoms with Crippen molar-refractivity contribution in [3.63, 3.8) is 0 Å². The number of para-hydroxylation sites is 1. The Balaban J connectivity index is 1.25. The largest absolute Gasteiger partial charge is 0.457 e. The number of hydrogen-bond donors (Lipinski definition) is 1. The van der Waals surface area contributed by atoms with Gasteiger partial charge in [0.25, 0.3) is 0 Å². The van der Waals surface area contributed by atoms with Gasteiger partial charge in [0.2, 0.25) is 11.9 Å². The first-order valence-corrected chi connectivity index (χ1v) is 13.3. The fraction of sp³-hybridized carbons (Fsp3) is 0.300. The Morgan fingerprint density at radius 1 is 1.10 bits per heavy atom. The summed E-state index contributed by atoms with van der Waals surface area (Å²) in [5.41, 5.74) is 7.68. The Labute approximate surface area is 226 Å². The number of amides is 1. The zero-order valence-corrected chi connectivity index (χ0v) is 21.8. The van der Waals surface area contributed by atoms with E-state index in [0.29, 0.717) is 53.5 Å². The van der Waals surface area contributed by atoms with E-state index in [1.54, 1.807) is 39.8 Å². The van der Waals surface area contributed by atoms with Crippen LogP contribution in [0.5, 0.6) is 11.5 Å².